The molecule has 2 nitrogen and oxygen atoms in total. The molecule has 0 heterocycles. The first-order chi connectivity index (χ1) is 7.09. The van der Waals surface area contributed by atoms with Crippen molar-refractivity contribution < 1.29 is 0 Å². The van der Waals surface area contributed by atoms with Crippen LogP contribution in [-0.2, 0) is 0 Å². The molecule has 0 aromatic rings. The van der Waals surface area contributed by atoms with Crippen molar-refractivity contribution >= 4 is 9.12 Å². The Hall–Kier alpha value is 0.137. The first-order valence-corrected chi connectivity index (χ1v) is 8.41. The average Bonchev–Trinajstić information content (AvgIpc) is 2.63. The van der Waals surface area contributed by atoms with Crippen molar-refractivity contribution in [2.45, 2.75) is 65.0 Å². The molecule has 1 aliphatic carbocycles. The smallest absolute Gasteiger partial charge is 0.187 e. The fraction of sp³-hybridized carbons (Fsp3) is 1.00. The third-order valence-corrected chi connectivity index (χ3v) is 6.44. The quantitative estimate of drug-likeness (QED) is 0.682. The van der Waals surface area contributed by atoms with Gasteiger partial charge in [-0.3, -0.25) is 0 Å². The van der Waals surface area contributed by atoms with Crippen LogP contribution in [0.5, 0.6) is 0 Å². The molecule has 0 amide bonds. The van der Waals surface area contributed by atoms with E-state index in [1.807, 2.05) is 0 Å². The van der Waals surface area contributed by atoms with E-state index in [-0.39, 0.29) is 0 Å². The molecule has 2 N–H and O–H groups in total. The lowest BCUT2D eigenvalue weighted by atomic mass is 10.2. The summed E-state index contributed by atoms with van der Waals surface area (Å²) in [5.41, 5.74) is 0.992. The van der Waals surface area contributed by atoms with E-state index < -0.39 is 9.12 Å². The predicted molar refractivity (Wildman–Crippen MR) is 70.5 cm³/mol. The summed E-state index contributed by atoms with van der Waals surface area (Å²) in [4.78, 5) is 7.63. The zero-order chi connectivity index (χ0) is 11.3. The lowest BCUT2D eigenvalue weighted by molar-refractivity contribution is 0.602. The summed E-state index contributed by atoms with van der Waals surface area (Å²) in [6.07, 6.45) is 5.83. The van der Waals surface area contributed by atoms with Crippen molar-refractivity contribution in [2.75, 3.05) is 6.54 Å². The van der Waals surface area contributed by atoms with E-state index in [1.54, 1.807) is 0 Å². The van der Waals surface area contributed by atoms with E-state index in [1.165, 1.54) is 32.2 Å². The maximum Gasteiger partial charge on any atom is 0.187 e. The van der Waals surface area contributed by atoms with Gasteiger partial charge in [-0.05, 0) is 24.0 Å². The topological polar surface area (TPSA) is 24.1 Å². The largest absolute Gasteiger partial charge is 0.327 e. The molecule has 0 aromatic carbocycles. The van der Waals surface area contributed by atoms with E-state index in [9.17, 15) is 0 Å². The second kappa shape index (κ2) is 6.66. The van der Waals surface area contributed by atoms with Gasteiger partial charge in [-0.25, -0.2) is 0 Å². The van der Waals surface area contributed by atoms with Gasteiger partial charge in [0.2, 0.25) is 0 Å². The highest BCUT2D eigenvalue weighted by atomic mass is 28.3. The zero-order valence-corrected chi connectivity index (χ0v) is 12.0. The SMILES string of the molecule is CC(C)CN[SiH](NC(C)C)C1CCCC1. The molecule has 1 fully saturated rings. The Morgan fingerprint density at radius 1 is 1.13 bits per heavy atom. The Balaban J connectivity index is 2.37. The highest BCUT2D eigenvalue weighted by Gasteiger charge is 2.26. The molecule has 1 unspecified atom stereocenters. The second-order valence-corrected chi connectivity index (χ2v) is 8.29. The van der Waals surface area contributed by atoms with Crippen LogP contribution < -0.4 is 9.96 Å². The summed E-state index contributed by atoms with van der Waals surface area (Å²) < 4.78 is 0. The molecule has 0 saturated heterocycles. The molecule has 0 spiro atoms. The van der Waals surface area contributed by atoms with Crippen LogP contribution in [0.25, 0.3) is 0 Å². The summed E-state index contributed by atoms with van der Waals surface area (Å²) >= 11 is 0. The highest BCUT2D eigenvalue weighted by molar-refractivity contribution is 6.55. The molecule has 0 aliphatic heterocycles. The molecule has 15 heavy (non-hydrogen) atoms. The van der Waals surface area contributed by atoms with E-state index in [0.29, 0.717) is 6.04 Å². The highest BCUT2D eigenvalue weighted by Crippen LogP contribution is 2.31. The number of nitrogens with one attached hydrogen (secondary N) is 2. The maximum atomic E-state index is 3.82. The summed E-state index contributed by atoms with van der Waals surface area (Å²) in [6, 6.07) is 0.641. The standard InChI is InChI=1S/C12H28N2Si/c1-10(2)9-13-15(14-11(3)4)12-7-5-6-8-12/h10-15H,5-9H2,1-4H3. The molecule has 1 aliphatic rings. The van der Waals surface area contributed by atoms with E-state index >= 15 is 0 Å². The van der Waals surface area contributed by atoms with Crippen LogP contribution in [0.3, 0.4) is 0 Å². The van der Waals surface area contributed by atoms with Crippen LogP contribution in [0.15, 0.2) is 0 Å². The Morgan fingerprint density at radius 2 is 1.73 bits per heavy atom. The fourth-order valence-electron chi connectivity index (χ4n) is 2.37. The molecule has 0 radical (unpaired) electrons. The fourth-order valence-corrected chi connectivity index (χ4v) is 5.68. The molecular formula is C12H28N2Si. The van der Waals surface area contributed by atoms with Crippen LogP contribution in [0.2, 0.25) is 5.54 Å². The normalized spacial score (nSPS) is 20.4. The molecule has 1 atom stereocenters. The summed E-state index contributed by atoms with van der Waals surface area (Å²) in [6.45, 7) is 10.3. The van der Waals surface area contributed by atoms with Crippen molar-refractivity contribution in [2.24, 2.45) is 5.92 Å². The van der Waals surface area contributed by atoms with Gasteiger partial charge in [-0.2, -0.15) is 0 Å². The minimum atomic E-state index is -0.900. The lowest BCUT2D eigenvalue weighted by Crippen LogP contribution is -2.53. The molecule has 1 saturated carbocycles. The van der Waals surface area contributed by atoms with Crippen LogP contribution >= 0.6 is 0 Å². The van der Waals surface area contributed by atoms with Crippen molar-refractivity contribution in [1.82, 2.24) is 9.96 Å². The van der Waals surface area contributed by atoms with Gasteiger partial charge in [0.15, 0.2) is 9.12 Å². The van der Waals surface area contributed by atoms with Crippen LogP contribution in [0, 0.1) is 5.92 Å². The minimum absolute atomic E-state index is 0.641. The summed E-state index contributed by atoms with van der Waals surface area (Å²) in [5.74, 6) is 0.773. The van der Waals surface area contributed by atoms with Crippen LogP contribution in [-0.4, -0.2) is 21.7 Å². The average molecular weight is 228 g/mol. The zero-order valence-electron chi connectivity index (χ0n) is 10.8. The van der Waals surface area contributed by atoms with E-state index in [0.717, 1.165) is 11.5 Å². The molecule has 0 bridgehead atoms. The molecular weight excluding hydrogens is 200 g/mol. The lowest BCUT2D eigenvalue weighted by Gasteiger charge is -2.26. The van der Waals surface area contributed by atoms with Gasteiger partial charge >= 0.3 is 0 Å². The van der Waals surface area contributed by atoms with Gasteiger partial charge in [-0.15, -0.1) is 0 Å². The van der Waals surface area contributed by atoms with Gasteiger partial charge in [-0.1, -0.05) is 53.4 Å². The minimum Gasteiger partial charge on any atom is -0.327 e. The molecule has 3 heteroatoms. The molecule has 0 aromatic heterocycles. The number of rotatable bonds is 6. The number of hydrogen-bond acceptors (Lipinski definition) is 2. The Bertz CT molecular complexity index is 165. The van der Waals surface area contributed by atoms with Crippen LogP contribution in [0.4, 0.5) is 0 Å². The number of hydrogen-bond donors (Lipinski definition) is 2. The molecule has 90 valence electrons. The third-order valence-electron chi connectivity index (χ3n) is 3.13. The van der Waals surface area contributed by atoms with E-state index in [4.69, 9.17) is 0 Å². The van der Waals surface area contributed by atoms with Gasteiger partial charge in [0.1, 0.15) is 0 Å². The van der Waals surface area contributed by atoms with Crippen molar-refractivity contribution in [1.29, 1.82) is 0 Å². The first-order valence-electron chi connectivity index (χ1n) is 6.59. The predicted octanol–water partition coefficient (Wildman–Crippen LogP) is 2.39. The van der Waals surface area contributed by atoms with Gasteiger partial charge < -0.3 is 9.96 Å². The Kier molecular flexibility index (Phi) is 5.86. The van der Waals surface area contributed by atoms with Crippen molar-refractivity contribution in [3.05, 3.63) is 0 Å². The monoisotopic (exact) mass is 228 g/mol. The third kappa shape index (κ3) is 5.14. The Labute approximate surface area is 97.0 Å². The first kappa shape index (κ1) is 13.2. The molecule has 1 rings (SSSR count). The van der Waals surface area contributed by atoms with Crippen LogP contribution in [0.1, 0.15) is 53.4 Å². The van der Waals surface area contributed by atoms with Crippen molar-refractivity contribution in [3.63, 3.8) is 0 Å². The van der Waals surface area contributed by atoms with Crippen molar-refractivity contribution in [3.8, 4) is 0 Å². The van der Waals surface area contributed by atoms with Gasteiger partial charge in [0.25, 0.3) is 0 Å². The van der Waals surface area contributed by atoms with Gasteiger partial charge in [0.05, 0.1) is 0 Å². The van der Waals surface area contributed by atoms with E-state index in [2.05, 4.69) is 37.7 Å². The maximum absolute atomic E-state index is 3.82. The Morgan fingerprint density at radius 3 is 2.20 bits per heavy atom. The van der Waals surface area contributed by atoms with Gasteiger partial charge in [0, 0.05) is 0 Å². The summed E-state index contributed by atoms with van der Waals surface area (Å²) in [5, 5.41) is 0. The second-order valence-electron chi connectivity index (χ2n) is 5.65. The summed E-state index contributed by atoms with van der Waals surface area (Å²) in [7, 11) is -0.900.